The van der Waals surface area contributed by atoms with E-state index in [0.29, 0.717) is 26.4 Å². The first-order valence-electron chi connectivity index (χ1n) is 6.30. The minimum Gasteiger partial charge on any atom is -0.481 e. The topological polar surface area (TPSA) is 96.9 Å². The summed E-state index contributed by atoms with van der Waals surface area (Å²) < 4.78 is 9.96. The number of aliphatic carboxylic acids is 1. The van der Waals surface area contributed by atoms with Crippen LogP contribution in [0.5, 0.6) is 0 Å². The molecular formula is C12H24N2O5. The lowest BCUT2D eigenvalue weighted by molar-refractivity contribution is -0.142. The number of amides is 2. The van der Waals surface area contributed by atoms with Crippen LogP contribution in [0.3, 0.4) is 0 Å². The number of ether oxygens (including phenoxy) is 2. The second-order valence-corrected chi connectivity index (χ2v) is 4.43. The van der Waals surface area contributed by atoms with Gasteiger partial charge in [0.15, 0.2) is 0 Å². The largest absolute Gasteiger partial charge is 0.481 e. The average Bonchev–Trinajstić information content (AvgIpc) is 2.33. The smallest absolute Gasteiger partial charge is 0.314 e. The van der Waals surface area contributed by atoms with Crippen LogP contribution in [0.2, 0.25) is 0 Å². The maximum absolute atomic E-state index is 11.4. The van der Waals surface area contributed by atoms with E-state index in [2.05, 4.69) is 10.6 Å². The van der Waals surface area contributed by atoms with Gasteiger partial charge >= 0.3 is 12.0 Å². The van der Waals surface area contributed by atoms with Crippen molar-refractivity contribution in [2.24, 2.45) is 11.8 Å². The molecule has 0 bridgehead atoms. The molecule has 0 spiro atoms. The van der Waals surface area contributed by atoms with Crippen molar-refractivity contribution in [3.63, 3.8) is 0 Å². The lowest BCUT2D eigenvalue weighted by Crippen LogP contribution is -2.42. The molecule has 0 aliphatic carbocycles. The minimum atomic E-state index is -0.904. The Morgan fingerprint density at radius 1 is 1.16 bits per heavy atom. The summed E-state index contributed by atoms with van der Waals surface area (Å²) in [6.07, 6.45) is 0. The molecule has 1 unspecified atom stereocenters. The molecule has 0 aromatic carbocycles. The van der Waals surface area contributed by atoms with Gasteiger partial charge in [-0.25, -0.2) is 4.79 Å². The summed E-state index contributed by atoms with van der Waals surface area (Å²) >= 11 is 0. The zero-order valence-corrected chi connectivity index (χ0v) is 11.8. The van der Waals surface area contributed by atoms with Gasteiger partial charge in [0.2, 0.25) is 0 Å². The van der Waals surface area contributed by atoms with E-state index in [0.717, 1.165) is 0 Å². The van der Waals surface area contributed by atoms with Gasteiger partial charge in [-0.1, -0.05) is 13.8 Å². The summed E-state index contributed by atoms with van der Waals surface area (Å²) in [6.45, 7) is 5.49. The number of carboxylic acids is 1. The van der Waals surface area contributed by atoms with Gasteiger partial charge in [-0.05, 0) is 5.92 Å². The molecule has 0 heterocycles. The van der Waals surface area contributed by atoms with Crippen LogP contribution in [0.15, 0.2) is 0 Å². The van der Waals surface area contributed by atoms with Gasteiger partial charge in [0.1, 0.15) is 0 Å². The number of rotatable bonds is 10. The number of urea groups is 1. The molecule has 0 aliphatic heterocycles. The van der Waals surface area contributed by atoms with Crippen molar-refractivity contribution < 1.29 is 24.2 Å². The van der Waals surface area contributed by atoms with E-state index in [1.54, 1.807) is 7.11 Å². The second-order valence-electron chi connectivity index (χ2n) is 4.43. The molecule has 3 N–H and O–H groups in total. The van der Waals surface area contributed by atoms with Crippen LogP contribution in [0.4, 0.5) is 4.79 Å². The van der Waals surface area contributed by atoms with Crippen LogP contribution in [0.25, 0.3) is 0 Å². The van der Waals surface area contributed by atoms with Crippen molar-refractivity contribution >= 4 is 12.0 Å². The Labute approximate surface area is 113 Å². The van der Waals surface area contributed by atoms with Gasteiger partial charge in [0.25, 0.3) is 0 Å². The fraction of sp³-hybridized carbons (Fsp3) is 0.833. The molecule has 19 heavy (non-hydrogen) atoms. The summed E-state index contributed by atoms with van der Waals surface area (Å²) in [5.74, 6) is -1.52. The maximum atomic E-state index is 11.4. The highest BCUT2D eigenvalue weighted by Gasteiger charge is 2.21. The van der Waals surface area contributed by atoms with E-state index in [9.17, 15) is 9.59 Å². The van der Waals surface area contributed by atoms with Gasteiger partial charge in [-0.3, -0.25) is 4.79 Å². The number of methoxy groups -OCH3 is 1. The van der Waals surface area contributed by atoms with Crippen LogP contribution in [-0.2, 0) is 14.3 Å². The molecule has 0 aliphatic rings. The molecule has 1 atom stereocenters. The van der Waals surface area contributed by atoms with Crippen molar-refractivity contribution in [1.29, 1.82) is 0 Å². The molecule has 0 aromatic rings. The van der Waals surface area contributed by atoms with Gasteiger partial charge < -0.3 is 25.2 Å². The highest BCUT2D eigenvalue weighted by atomic mass is 16.5. The quantitative estimate of drug-likeness (QED) is 0.499. The summed E-state index contributed by atoms with van der Waals surface area (Å²) in [4.78, 5) is 22.3. The van der Waals surface area contributed by atoms with Crippen LogP contribution in [0, 0.1) is 11.8 Å². The number of nitrogens with one attached hydrogen (secondary N) is 2. The summed E-state index contributed by atoms with van der Waals surface area (Å²) in [5, 5.41) is 14.1. The zero-order chi connectivity index (χ0) is 14.7. The third kappa shape index (κ3) is 9.26. The van der Waals surface area contributed by atoms with Crippen molar-refractivity contribution in [1.82, 2.24) is 10.6 Å². The molecule has 0 saturated carbocycles. The summed E-state index contributed by atoms with van der Waals surface area (Å²) in [7, 11) is 1.59. The van der Waals surface area contributed by atoms with Crippen LogP contribution in [0.1, 0.15) is 13.8 Å². The Morgan fingerprint density at radius 2 is 1.84 bits per heavy atom. The van der Waals surface area contributed by atoms with Gasteiger partial charge in [-0.2, -0.15) is 0 Å². The van der Waals surface area contributed by atoms with Gasteiger partial charge in [-0.15, -0.1) is 0 Å². The van der Waals surface area contributed by atoms with Crippen LogP contribution < -0.4 is 10.6 Å². The van der Waals surface area contributed by atoms with E-state index < -0.39 is 11.9 Å². The van der Waals surface area contributed by atoms with Crippen molar-refractivity contribution in [2.75, 3.05) is 40.0 Å². The number of hydrogen-bond acceptors (Lipinski definition) is 4. The Balaban J connectivity index is 3.66. The predicted octanol–water partition coefficient (Wildman–Crippen LogP) is 0.305. The molecule has 0 fully saturated rings. The fourth-order valence-electron chi connectivity index (χ4n) is 1.35. The molecule has 0 aromatic heterocycles. The Morgan fingerprint density at radius 3 is 2.37 bits per heavy atom. The third-order valence-electron chi connectivity index (χ3n) is 2.57. The molecule has 112 valence electrons. The standard InChI is InChI=1S/C12H24N2O5/c1-9(2)10(11(15)16)8-14-12(17)13-4-5-19-7-6-18-3/h9-10H,4-8H2,1-3H3,(H,15,16)(H2,13,14,17). The zero-order valence-electron chi connectivity index (χ0n) is 11.8. The Bertz CT molecular complexity index is 271. The Kier molecular flexibility index (Phi) is 9.82. The highest BCUT2D eigenvalue weighted by Crippen LogP contribution is 2.09. The van der Waals surface area contributed by atoms with Crippen LogP contribution >= 0.6 is 0 Å². The number of carboxylic acid groups (broad SMARTS) is 1. The van der Waals surface area contributed by atoms with E-state index in [1.807, 2.05) is 13.8 Å². The van der Waals surface area contributed by atoms with Crippen molar-refractivity contribution in [2.45, 2.75) is 13.8 Å². The molecule has 0 rings (SSSR count). The molecule has 7 nitrogen and oxygen atoms in total. The van der Waals surface area contributed by atoms with E-state index in [1.165, 1.54) is 0 Å². The van der Waals surface area contributed by atoms with Gasteiger partial charge in [0, 0.05) is 20.2 Å². The molecule has 0 radical (unpaired) electrons. The number of carbonyl (C=O) groups excluding carboxylic acids is 1. The number of carbonyl (C=O) groups is 2. The molecule has 0 saturated heterocycles. The lowest BCUT2D eigenvalue weighted by atomic mass is 9.96. The summed E-state index contributed by atoms with van der Waals surface area (Å²) in [5.41, 5.74) is 0. The second kappa shape index (κ2) is 10.6. The first kappa shape index (κ1) is 17.7. The van der Waals surface area contributed by atoms with E-state index >= 15 is 0 Å². The minimum absolute atomic E-state index is 0.0322. The Hall–Kier alpha value is -1.34. The SMILES string of the molecule is COCCOCCNC(=O)NCC(C(=O)O)C(C)C. The number of hydrogen-bond donors (Lipinski definition) is 3. The van der Waals surface area contributed by atoms with Crippen LogP contribution in [-0.4, -0.2) is 57.1 Å². The lowest BCUT2D eigenvalue weighted by Gasteiger charge is -2.16. The van der Waals surface area contributed by atoms with Crippen molar-refractivity contribution in [3.05, 3.63) is 0 Å². The first-order valence-corrected chi connectivity index (χ1v) is 6.30. The first-order chi connectivity index (χ1) is 8.99. The molecule has 7 heteroatoms. The normalized spacial score (nSPS) is 12.2. The third-order valence-corrected chi connectivity index (χ3v) is 2.57. The van der Waals surface area contributed by atoms with Crippen molar-refractivity contribution in [3.8, 4) is 0 Å². The fourth-order valence-corrected chi connectivity index (χ4v) is 1.35. The average molecular weight is 276 g/mol. The van der Waals surface area contributed by atoms with E-state index in [-0.39, 0.29) is 18.5 Å². The predicted molar refractivity (Wildman–Crippen MR) is 70.1 cm³/mol. The van der Waals surface area contributed by atoms with E-state index in [4.69, 9.17) is 14.6 Å². The maximum Gasteiger partial charge on any atom is 0.314 e. The van der Waals surface area contributed by atoms with Gasteiger partial charge in [0.05, 0.1) is 25.7 Å². The summed E-state index contributed by atoms with van der Waals surface area (Å²) in [6, 6.07) is -0.387. The monoisotopic (exact) mass is 276 g/mol. The highest BCUT2D eigenvalue weighted by molar-refractivity contribution is 5.75. The molecular weight excluding hydrogens is 252 g/mol. The molecule has 2 amide bonds.